The molecule has 0 bridgehead atoms. The number of hydrogen-bond acceptors (Lipinski definition) is 4. The molecule has 0 saturated heterocycles. The number of hydrogen-bond donors (Lipinski definition) is 2. The van der Waals surface area contributed by atoms with Gasteiger partial charge < -0.3 is 20.5 Å². The van der Waals surface area contributed by atoms with Crippen molar-refractivity contribution in [3.63, 3.8) is 0 Å². The molecule has 118 valence electrons. The molecule has 5 heteroatoms. The Kier molecular flexibility index (Phi) is 6.49. The zero-order valence-electron chi connectivity index (χ0n) is 13.4. The lowest BCUT2D eigenvalue weighted by Gasteiger charge is -2.30. The number of nitrogens with two attached hydrogens (primary N) is 1. The summed E-state index contributed by atoms with van der Waals surface area (Å²) in [5, 5.41) is 2.97. The van der Waals surface area contributed by atoms with Gasteiger partial charge in [-0.05, 0) is 36.9 Å². The summed E-state index contributed by atoms with van der Waals surface area (Å²) in [5.74, 6) is 1.04. The fourth-order valence-electron chi connectivity index (χ4n) is 2.17. The van der Waals surface area contributed by atoms with Crippen molar-refractivity contribution in [2.24, 2.45) is 11.1 Å². The van der Waals surface area contributed by atoms with Crippen LogP contribution in [0.15, 0.2) is 18.2 Å². The molecule has 3 N–H and O–H groups in total. The topological polar surface area (TPSA) is 73.6 Å². The average Bonchev–Trinajstić information content (AvgIpc) is 2.55. The maximum atomic E-state index is 12.3. The van der Waals surface area contributed by atoms with E-state index in [1.807, 2.05) is 0 Å². The van der Waals surface area contributed by atoms with Crippen LogP contribution in [-0.4, -0.2) is 33.2 Å². The van der Waals surface area contributed by atoms with Gasteiger partial charge in [-0.1, -0.05) is 13.8 Å². The molecule has 1 aromatic rings. The van der Waals surface area contributed by atoms with Crippen LogP contribution >= 0.6 is 0 Å². The van der Waals surface area contributed by atoms with E-state index < -0.39 is 0 Å². The van der Waals surface area contributed by atoms with Gasteiger partial charge in [0.1, 0.15) is 11.5 Å². The maximum absolute atomic E-state index is 12.3. The largest absolute Gasteiger partial charge is 0.497 e. The van der Waals surface area contributed by atoms with Gasteiger partial charge >= 0.3 is 0 Å². The smallest absolute Gasteiger partial charge is 0.251 e. The number of methoxy groups -OCH3 is 2. The molecule has 0 radical (unpaired) electrons. The summed E-state index contributed by atoms with van der Waals surface area (Å²) >= 11 is 0. The highest BCUT2D eigenvalue weighted by molar-refractivity contribution is 5.95. The summed E-state index contributed by atoms with van der Waals surface area (Å²) in [6, 6.07) is 5.12. The Morgan fingerprint density at radius 1 is 1.14 bits per heavy atom. The number of rotatable bonds is 8. The lowest BCUT2D eigenvalue weighted by atomic mass is 9.82. The highest BCUT2D eigenvalue weighted by Crippen LogP contribution is 2.25. The van der Waals surface area contributed by atoms with E-state index in [4.69, 9.17) is 15.2 Å². The van der Waals surface area contributed by atoms with Gasteiger partial charge in [0, 0.05) is 18.2 Å². The van der Waals surface area contributed by atoms with E-state index in [-0.39, 0.29) is 11.3 Å². The van der Waals surface area contributed by atoms with Crippen LogP contribution in [0, 0.1) is 5.41 Å². The van der Waals surface area contributed by atoms with Crippen molar-refractivity contribution in [1.82, 2.24) is 5.32 Å². The summed E-state index contributed by atoms with van der Waals surface area (Å²) in [6.45, 7) is 5.31. The molecule has 0 spiro atoms. The van der Waals surface area contributed by atoms with Gasteiger partial charge in [-0.3, -0.25) is 4.79 Å². The van der Waals surface area contributed by atoms with E-state index in [9.17, 15) is 4.79 Å². The first-order valence-corrected chi connectivity index (χ1v) is 7.25. The zero-order valence-corrected chi connectivity index (χ0v) is 13.4. The number of benzene rings is 1. The predicted molar refractivity (Wildman–Crippen MR) is 83.9 cm³/mol. The third-order valence-electron chi connectivity index (χ3n) is 4.17. The quantitative estimate of drug-likeness (QED) is 0.771. The van der Waals surface area contributed by atoms with Crippen molar-refractivity contribution < 1.29 is 14.3 Å². The molecule has 1 rings (SSSR count). The van der Waals surface area contributed by atoms with Crippen LogP contribution in [0.4, 0.5) is 0 Å². The van der Waals surface area contributed by atoms with Crippen LogP contribution in [0.5, 0.6) is 11.5 Å². The minimum absolute atomic E-state index is 0.0430. The Bertz CT molecular complexity index is 440. The third kappa shape index (κ3) is 4.36. The van der Waals surface area contributed by atoms with Crippen molar-refractivity contribution in [2.45, 2.75) is 26.7 Å². The molecule has 21 heavy (non-hydrogen) atoms. The third-order valence-corrected chi connectivity index (χ3v) is 4.17. The minimum atomic E-state index is -0.146. The molecule has 1 aromatic carbocycles. The number of nitrogens with one attached hydrogen (secondary N) is 1. The van der Waals surface area contributed by atoms with Crippen molar-refractivity contribution in [1.29, 1.82) is 0 Å². The molecule has 0 atom stereocenters. The lowest BCUT2D eigenvalue weighted by Crippen LogP contribution is -2.41. The molecule has 0 heterocycles. The Hall–Kier alpha value is -1.75. The number of carbonyl (C=O) groups excluding carboxylic acids is 1. The zero-order chi connectivity index (χ0) is 15.9. The molecule has 0 aromatic heterocycles. The van der Waals surface area contributed by atoms with Crippen molar-refractivity contribution in [3.05, 3.63) is 23.8 Å². The molecule has 0 aliphatic heterocycles. The molecular weight excluding hydrogens is 268 g/mol. The SMILES string of the molecule is CCC(CC)(CN)CNC(=O)c1cc(OC)cc(OC)c1. The van der Waals surface area contributed by atoms with Crippen molar-refractivity contribution in [3.8, 4) is 11.5 Å². The van der Waals surface area contributed by atoms with E-state index >= 15 is 0 Å². The van der Waals surface area contributed by atoms with Crippen LogP contribution < -0.4 is 20.5 Å². The summed E-state index contributed by atoms with van der Waals surface area (Å²) in [4.78, 5) is 12.3. The van der Waals surface area contributed by atoms with Gasteiger partial charge in [-0.2, -0.15) is 0 Å². The van der Waals surface area contributed by atoms with Crippen LogP contribution in [0.25, 0.3) is 0 Å². The molecule has 5 nitrogen and oxygen atoms in total. The van der Waals surface area contributed by atoms with Crippen LogP contribution in [0.3, 0.4) is 0 Å². The van der Waals surface area contributed by atoms with Crippen LogP contribution in [0.2, 0.25) is 0 Å². The van der Waals surface area contributed by atoms with Gasteiger partial charge in [0.25, 0.3) is 5.91 Å². The number of carbonyl (C=O) groups is 1. The van der Waals surface area contributed by atoms with E-state index in [2.05, 4.69) is 19.2 Å². The van der Waals surface area contributed by atoms with Gasteiger partial charge in [-0.25, -0.2) is 0 Å². The van der Waals surface area contributed by atoms with Crippen molar-refractivity contribution >= 4 is 5.91 Å². The van der Waals surface area contributed by atoms with E-state index in [1.54, 1.807) is 32.4 Å². The Morgan fingerprint density at radius 2 is 1.67 bits per heavy atom. The molecule has 0 aliphatic carbocycles. The van der Waals surface area contributed by atoms with E-state index in [0.29, 0.717) is 30.2 Å². The second-order valence-electron chi connectivity index (χ2n) is 5.20. The Labute approximate surface area is 126 Å². The summed E-state index contributed by atoms with van der Waals surface area (Å²) < 4.78 is 10.4. The van der Waals surface area contributed by atoms with Gasteiger partial charge in [-0.15, -0.1) is 0 Å². The summed E-state index contributed by atoms with van der Waals surface area (Å²) in [6.07, 6.45) is 1.86. The average molecular weight is 294 g/mol. The minimum Gasteiger partial charge on any atom is -0.497 e. The molecule has 0 unspecified atom stereocenters. The molecule has 0 aliphatic rings. The van der Waals surface area contributed by atoms with Gasteiger partial charge in [0.15, 0.2) is 0 Å². The van der Waals surface area contributed by atoms with E-state index in [1.165, 1.54) is 0 Å². The second kappa shape index (κ2) is 7.88. The Morgan fingerprint density at radius 3 is 2.05 bits per heavy atom. The monoisotopic (exact) mass is 294 g/mol. The fraction of sp³-hybridized carbons (Fsp3) is 0.562. The first-order chi connectivity index (χ1) is 10.0. The van der Waals surface area contributed by atoms with E-state index in [0.717, 1.165) is 12.8 Å². The van der Waals surface area contributed by atoms with Crippen molar-refractivity contribution in [2.75, 3.05) is 27.3 Å². The highest BCUT2D eigenvalue weighted by Gasteiger charge is 2.25. The van der Waals surface area contributed by atoms with Crippen LogP contribution in [-0.2, 0) is 0 Å². The normalized spacial score (nSPS) is 11.1. The molecule has 0 fully saturated rings. The maximum Gasteiger partial charge on any atom is 0.251 e. The first-order valence-electron chi connectivity index (χ1n) is 7.25. The molecular formula is C16H26N2O3. The molecule has 1 amide bonds. The van der Waals surface area contributed by atoms with Crippen LogP contribution in [0.1, 0.15) is 37.0 Å². The van der Waals surface area contributed by atoms with Gasteiger partial charge in [0.05, 0.1) is 14.2 Å². The number of amides is 1. The standard InChI is InChI=1S/C16H26N2O3/c1-5-16(6-2,10-17)11-18-15(19)12-7-13(20-3)9-14(8-12)21-4/h7-9H,5-6,10-11,17H2,1-4H3,(H,18,19). The highest BCUT2D eigenvalue weighted by atomic mass is 16.5. The number of ether oxygens (including phenoxy) is 2. The summed E-state index contributed by atoms with van der Waals surface area (Å²) in [5.41, 5.74) is 6.33. The molecule has 0 saturated carbocycles. The Balaban J connectivity index is 2.84. The fourth-order valence-corrected chi connectivity index (χ4v) is 2.17. The second-order valence-corrected chi connectivity index (χ2v) is 5.20. The lowest BCUT2D eigenvalue weighted by molar-refractivity contribution is 0.0927. The van der Waals surface area contributed by atoms with Gasteiger partial charge in [0.2, 0.25) is 0 Å². The summed E-state index contributed by atoms with van der Waals surface area (Å²) in [7, 11) is 3.12. The predicted octanol–water partition coefficient (Wildman–Crippen LogP) is 2.20. The first kappa shape index (κ1) is 17.3.